The minimum atomic E-state index is -0.102. The fraction of sp³-hybridized carbons (Fsp3) is 0.619. The minimum absolute atomic E-state index is 0.0573. The Morgan fingerprint density at radius 1 is 0.880 bits per heavy atom. The van der Waals surface area contributed by atoms with E-state index in [0.29, 0.717) is 5.75 Å². The van der Waals surface area contributed by atoms with E-state index in [2.05, 4.69) is 6.92 Å². The van der Waals surface area contributed by atoms with Crippen molar-refractivity contribution >= 4 is 11.9 Å². The molecule has 0 saturated heterocycles. The molecule has 25 heavy (non-hydrogen) atoms. The summed E-state index contributed by atoms with van der Waals surface area (Å²) < 4.78 is 5.35. The first-order chi connectivity index (χ1) is 12.1. The van der Waals surface area contributed by atoms with Crippen LogP contribution in [0, 0.1) is 17.8 Å². The molecular formula is C21H31NO3. The van der Waals surface area contributed by atoms with Gasteiger partial charge in [-0.15, -0.1) is 0 Å². The molecule has 138 valence electrons. The van der Waals surface area contributed by atoms with Gasteiger partial charge in [0.1, 0.15) is 5.75 Å². The second kappa shape index (κ2) is 10.2. The third-order valence-electron chi connectivity index (χ3n) is 5.32. The molecule has 0 bridgehead atoms. The fourth-order valence-corrected chi connectivity index (χ4v) is 3.57. The zero-order valence-corrected chi connectivity index (χ0v) is 15.3. The van der Waals surface area contributed by atoms with E-state index in [1.807, 2.05) is 30.3 Å². The number of carbonyl (C=O) groups excluding carboxylic acids is 2. The molecule has 1 aromatic rings. The lowest BCUT2D eigenvalue weighted by molar-refractivity contribution is -0.140. The predicted octanol–water partition coefficient (Wildman–Crippen LogP) is 4.47. The van der Waals surface area contributed by atoms with Crippen LogP contribution in [-0.4, -0.2) is 11.9 Å². The number of primary amides is 1. The monoisotopic (exact) mass is 345 g/mol. The van der Waals surface area contributed by atoms with Gasteiger partial charge in [-0.1, -0.05) is 44.4 Å². The van der Waals surface area contributed by atoms with Crippen LogP contribution in [-0.2, 0) is 9.59 Å². The van der Waals surface area contributed by atoms with Crippen LogP contribution in [0.15, 0.2) is 30.3 Å². The fourth-order valence-electron chi connectivity index (χ4n) is 3.57. The highest BCUT2D eigenvalue weighted by Crippen LogP contribution is 2.29. The zero-order chi connectivity index (χ0) is 18.1. The maximum atomic E-state index is 11.9. The predicted molar refractivity (Wildman–Crippen MR) is 99.0 cm³/mol. The lowest BCUT2D eigenvalue weighted by atomic mass is 9.83. The Hall–Kier alpha value is -1.84. The Labute approximate surface area is 151 Å². The van der Waals surface area contributed by atoms with E-state index in [1.165, 1.54) is 19.3 Å². The first kappa shape index (κ1) is 19.5. The van der Waals surface area contributed by atoms with Crippen LogP contribution in [0.5, 0.6) is 5.75 Å². The first-order valence-electron chi connectivity index (χ1n) is 9.62. The summed E-state index contributed by atoms with van der Waals surface area (Å²) in [6, 6.07) is 9.32. The average molecular weight is 345 g/mol. The molecule has 2 aliphatic carbocycles. The lowest BCUT2D eigenvalue weighted by Crippen LogP contribution is -2.24. The van der Waals surface area contributed by atoms with Gasteiger partial charge in [0.25, 0.3) is 0 Å². The third kappa shape index (κ3) is 6.89. The Morgan fingerprint density at radius 2 is 1.48 bits per heavy atom. The van der Waals surface area contributed by atoms with Crippen LogP contribution in [0.4, 0.5) is 0 Å². The number of amides is 1. The van der Waals surface area contributed by atoms with Gasteiger partial charge in [-0.25, -0.2) is 0 Å². The molecule has 3 rings (SSSR count). The van der Waals surface area contributed by atoms with Gasteiger partial charge in [-0.3, -0.25) is 9.59 Å². The van der Waals surface area contributed by atoms with Gasteiger partial charge in [0.2, 0.25) is 5.91 Å². The SMILES string of the molecule is CC1CCC(C(=O)Oc2ccccc2)CC1.NC(=O)C1CCCCC1. The Balaban J connectivity index is 0.000000212. The summed E-state index contributed by atoms with van der Waals surface area (Å²) in [5.41, 5.74) is 5.13. The van der Waals surface area contributed by atoms with Crippen molar-refractivity contribution in [2.24, 2.45) is 23.5 Å². The average Bonchev–Trinajstić information content (AvgIpc) is 2.64. The normalized spacial score (nSPS) is 23.9. The van der Waals surface area contributed by atoms with Crippen molar-refractivity contribution in [1.29, 1.82) is 0 Å². The molecule has 4 heteroatoms. The van der Waals surface area contributed by atoms with E-state index in [1.54, 1.807) is 0 Å². The maximum absolute atomic E-state index is 11.9. The van der Waals surface area contributed by atoms with Gasteiger partial charge in [0.05, 0.1) is 5.92 Å². The molecule has 1 aromatic carbocycles. The second-order valence-corrected chi connectivity index (χ2v) is 7.43. The number of hydrogen-bond donors (Lipinski definition) is 1. The standard InChI is InChI=1S/C14H18O2.C7H13NO/c1-11-7-9-12(10-8-11)14(15)16-13-5-3-2-4-6-13;8-7(9)6-4-2-1-3-5-6/h2-6,11-12H,7-10H2,1H3;6H,1-5H2,(H2,8,9). The van der Waals surface area contributed by atoms with Crippen molar-refractivity contribution in [3.05, 3.63) is 30.3 Å². The van der Waals surface area contributed by atoms with Crippen LogP contribution in [0.25, 0.3) is 0 Å². The van der Waals surface area contributed by atoms with Crippen LogP contribution in [0.2, 0.25) is 0 Å². The summed E-state index contributed by atoms with van der Waals surface area (Å²) in [6.07, 6.45) is 9.96. The van der Waals surface area contributed by atoms with Crippen LogP contribution < -0.4 is 10.5 Å². The molecule has 0 heterocycles. The second-order valence-electron chi connectivity index (χ2n) is 7.43. The molecular weight excluding hydrogens is 314 g/mol. The number of ether oxygens (including phenoxy) is 1. The maximum Gasteiger partial charge on any atom is 0.314 e. The van der Waals surface area contributed by atoms with Crippen molar-refractivity contribution in [2.75, 3.05) is 0 Å². The summed E-state index contributed by atoms with van der Waals surface area (Å²) >= 11 is 0. The number of esters is 1. The minimum Gasteiger partial charge on any atom is -0.426 e. The largest absolute Gasteiger partial charge is 0.426 e. The van der Waals surface area contributed by atoms with Crippen molar-refractivity contribution in [2.45, 2.75) is 64.7 Å². The molecule has 0 aromatic heterocycles. The first-order valence-corrected chi connectivity index (χ1v) is 9.62. The summed E-state index contributed by atoms with van der Waals surface area (Å²) in [5, 5.41) is 0. The van der Waals surface area contributed by atoms with E-state index in [0.717, 1.165) is 44.4 Å². The van der Waals surface area contributed by atoms with Gasteiger partial charge in [0, 0.05) is 5.92 Å². The molecule has 2 fully saturated rings. The van der Waals surface area contributed by atoms with Gasteiger partial charge >= 0.3 is 5.97 Å². The number of hydrogen-bond acceptors (Lipinski definition) is 3. The van der Waals surface area contributed by atoms with Crippen LogP contribution >= 0.6 is 0 Å². The van der Waals surface area contributed by atoms with Gasteiger partial charge in [0.15, 0.2) is 0 Å². The third-order valence-corrected chi connectivity index (χ3v) is 5.32. The van der Waals surface area contributed by atoms with E-state index in [-0.39, 0.29) is 23.7 Å². The topological polar surface area (TPSA) is 69.4 Å². The highest BCUT2D eigenvalue weighted by atomic mass is 16.5. The van der Waals surface area contributed by atoms with Gasteiger partial charge in [-0.05, 0) is 56.6 Å². The summed E-state index contributed by atoms with van der Waals surface area (Å²) in [7, 11) is 0. The van der Waals surface area contributed by atoms with Crippen molar-refractivity contribution in [3.63, 3.8) is 0 Å². The number of carbonyl (C=O) groups is 2. The lowest BCUT2D eigenvalue weighted by Gasteiger charge is -2.24. The number of para-hydroxylation sites is 1. The molecule has 4 nitrogen and oxygen atoms in total. The number of nitrogens with two attached hydrogens (primary N) is 1. The van der Waals surface area contributed by atoms with Crippen molar-refractivity contribution in [3.8, 4) is 5.75 Å². The molecule has 2 saturated carbocycles. The van der Waals surface area contributed by atoms with E-state index >= 15 is 0 Å². The van der Waals surface area contributed by atoms with E-state index in [9.17, 15) is 9.59 Å². The number of rotatable bonds is 3. The molecule has 0 atom stereocenters. The van der Waals surface area contributed by atoms with Gasteiger partial charge < -0.3 is 10.5 Å². The van der Waals surface area contributed by atoms with Crippen LogP contribution in [0.1, 0.15) is 64.7 Å². The molecule has 2 N–H and O–H groups in total. The molecule has 0 unspecified atom stereocenters. The van der Waals surface area contributed by atoms with Crippen molar-refractivity contribution < 1.29 is 14.3 Å². The molecule has 1 amide bonds. The Kier molecular flexibility index (Phi) is 7.96. The molecule has 0 radical (unpaired) electrons. The highest BCUT2D eigenvalue weighted by molar-refractivity contribution is 5.76. The molecule has 0 spiro atoms. The van der Waals surface area contributed by atoms with Crippen LogP contribution in [0.3, 0.4) is 0 Å². The van der Waals surface area contributed by atoms with Crippen molar-refractivity contribution in [1.82, 2.24) is 0 Å². The van der Waals surface area contributed by atoms with E-state index < -0.39 is 0 Å². The zero-order valence-electron chi connectivity index (χ0n) is 15.3. The summed E-state index contributed by atoms with van der Waals surface area (Å²) in [6.45, 7) is 2.25. The van der Waals surface area contributed by atoms with Gasteiger partial charge in [-0.2, -0.15) is 0 Å². The highest BCUT2D eigenvalue weighted by Gasteiger charge is 2.25. The Morgan fingerprint density at radius 3 is 2.00 bits per heavy atom. The summed E-state index contributed by atoms with van der Waals surface area (Å²) in [4.78, 5) is 22.4. The summed E-state index contributed by atoms with van der Waals surface area (Å²) in [5.74, 6) is 1.56. The number of benzene rings is 1. The smallest absolute Gasteiger partial charge is 0.314 e. The Bertz CT molecular complexity index is 529. The van der Waals surface area contributed by atoms with E-state index in [4.69, 9.17) is 10.5 Å². The quantitative estimate of drug-likeness (QED) is 0.649. The molecule has 0 aliphatic heterocycles. The molecule has 2 aliphatic rings.